The highest BCUT2D eigenvalue weighted by molar-refractivity contribution is 9.10. The summed E-state index contributed by atoms with van der Waals surface area (Å²) in [6.45, 7) is 4.41. The van der Waals surface area contributed by atoms with Crippen molar-refractivity contribution < 1.29 is 0 Å². The number of hydrogen-bond donors (Lipinski definition) is 1. The van der Waals surface area contributed by atoms with Crippen molar-refractivity contribution in [1.29, 1.82) is 0 Å². The van der Waals surface area contributed by atoms with Crippen LogP contribution in [0.5, 0.6) is 0 Å². The monoisotopic (exact) mass is 332 g/mol. The topological polar surface area (TPSA) is 24.9 Å². The van der Waals surface area contributed by atoms with E-state index in [4.69, 9.17) is 0 Å². The highest BCUT2D eigenvalue weighted by Crippen LogP contribution is 2.30. The van der Waals surface area contributed by atoms with Crippen LogP contribution in [-0.4, -0.2) is 11.5 Å². The quantitative estimate of drug-likeness (QED) is 0.890. The predicted molar refractivity (Wildman–Crippen MR) is 87.7 cm³/mol. The molecule has 0 radical (unpaired) electrons. The molecule has 106 valence electrons. The van der Waals surface area contributed by atoms with E-state index < -0.39 is 0 Å². The average molecular weight is 333 g/mol. The standard InChI is InChI=1S/C17H21BrN2/c1-12-4-5-13(9-12)10-19-11-14-6-7-16(18)15-3-2-8-20-17(14)15/h2-3,6-8,12-13,19H,4-5,9-11H2,1H3. The maximum absolute atomic E-state index is 4.53. The Morgan fingerprint density at radius 3 is 3.00 bits per heavy atom. The lowest BCUT2D eigenvalue weighted by Crippen LogP contribution is -2.21. The van der Waals surface area contributed by atoms with E-state index in [9.17, 15) is 0 Å². The molecule has 0 spiro atoms. The Hall–Kier alpha value is -0.930. The van der Waals surface area contributed by atoms with Gasteiger partial charge in [0.05, 0.1) is 5.52 Å². The molecule has 1 saturated carbocycles. The molecule has 0 aliphatic heterocycles. The molecule has 2 aromatic rings. The van der Waals surface area contributed by atoms with Gasteiger partial charge in [-0.05, 0) is 48.9 Å². The molecule has 1 aliphatic rings. The number of fused-ring (bicyclic) bond motifs is 1. The zero-order chi connectivity index (χ0) is 13.9. The first kappa shape index (κ1) is 14.0. The van der Waals surface area contributed by atoms with E-state index in [1.807, 2.05) is 12.3 Å². The summed E-state index contributed by atoms with van der Waals surface area (Å²) in [6, 6.07) is 8.40. The summed E-state index contributed by atoms with van der Waals surface area (Å²) in [4.78, 5) is 4.53. The smallest absolute Gasteiger partial charge is 0.0758 e. The van der Waals surface area contributed by atoms with Gasteiger partial charge in [-0.3, -0.25) is 4.98 Å². The fraction of sp³-hybridized carbons (Fsp3) is 0.471. The fourth-order valence-corrected chi connectivity index (χ4v) is 3.71. The van der Waals surface area contributed by atoms with E-state index in [1.165, 1.54) is 30.2 Å². The highest BCUT2D eigenvalue weighted by atomic mass is 79.9. The molecule has 3 rings (SSSR count). The number of pyridine rings is 1. The molecule has 20 heavy (non-hydrogen) atoms. The minimum atomic E-state index is 0.861. The van der Waals surface area contributed by atoms with Gasteiger partial charge >= 0.3 is 0 Å². The van der Waals surface area contributed by atoms with Crippen LogP contribution in [0.3, 0.4) is 0 Å². The van der Waals surface area contributed by atoms with Gasteiger partial charge in [-0.1, -0.05) is 41.4 Å². The minimum absolute atomic E-state index is 0.861. The van der Waals surface area contributed by atoms with E-state index >= 15 is 0 Å². The van der Waals surface area contributed by atoms with Gasteiger partial charge in [-0.2, -0.15) is 0 Å². The molecule has 1 aromatic heterocycles. The van der Waals surface area contributed by atoms with Gasteiger partial charge < -0.3 is 5.32 Å². The van der Waals surface area contributed by atoms with E-state index in [0.29, 0.717) is 0 Å². The van der Waals surface area contributed by atoms with E-state index in [0.717, 1.165) is 34.9 Å². The number of aromatic nitrogens is 1. The Morgan fingerprint density at radius 1 is 1.30 bits per heavy atom. The lowest BCUT2D eigenvalue weighted by atomic mass is 10.1. The largest absolute Gasteiger partial charge is 0.312 e. The van der Waals surface area contributed by atoms with Crippen LogP contribution in [0, 0.1) is 11.8 Å². The molecule has 2 unspecified atom stereocenters. The normalized spacial score (nSPS) is 22.5. The second-order valence-corrected chi connectivity index (χ2v) is 6.88. The molecule has 0 amide bonds. The van der Waals surface area contributed by atoms with Crippen molar-refractivity contribution in [3.8, 4) is 0 Å². The summed E-state index contributed by atoms with van der Waals surface area (Å²) in [7, 11) is 0. The molecular formula is C17H21BrN2. The number of hydrogen-bond acceptors (Lipinski definition) is 2. The maximum atomic E-state index is 4.53. The fourth-order valence-electron chi connectivity index (χ4n) is 3.26. The van der Waals surface area contributed by atoms with Gasteiger partial charge in [0.2, 0.25) is 0 Å². The SMILES string of the molecule is CC1CCC(CNCc2ccc(Br)c3cccnc23)C1. The molecule has 1 fully saturated rings. The molecule has 2 nitrogen and oxygen atoms in total. The first-order valence-corrected chi connectivity index (χ1v) is 8.26. The van der Waals surface area contributed by atoms with Crippen LogP contribution in [0.15, 0.2) is 34.9 Å². The number of rotatable bonds is 4. The van der Waals surface area contributed by atoms with Crippen LogP contribution >= 0.6 is 15.9 Å². The van der Waals surface area contributed by atoms with Gasteiger partial charge in [0.25, 0.3) is 0 Å². The van der Waals surface area contributed by atoms with Crippen molar-refractivity contribution in [2.24, 2.45) is 11.8 Å². The average Bonchev–Trinajstić information content (AvgIpc) is 2.87. The van der Waals surface area contributed by atoms with E-state index in [2.05, 4.69) is 51.4 Å². The van der Waals surface area contributed by atoms with Crippen molar-refractivity contribution in [2.75, 3.05) is 6.54 Å². The van der Waals surface area contributed by atoms with Crippen LogP contribution < -0.4 is 5.32 Å². The number of benzene rings is 1. The number of nitrogens with zero attached hydrogens (tertiary/aromatic N) is 1. The van der Waals surface area contributed by atoms with Crippen molar-refractivity contribution >= 4 is 26.8 Å². The molecule has 3 heteroatoms. The van der Waals surface area contributed by atoms with Crippen LogP contribution in [0.4, 0.5) is 0 Å². The Labute approximate surface area is 129 Å². The molecule has 1 N–H and O–H groups in total. The number of nitrogens with one attached hydrogen (secondary N) is 1. The summed E-state index contributed by atoms with van der Waals surface area (Å²) in [6.07, 6.45) is 6.03. The van der Waals surface area contributed by atoms with Crippen LogP contribution in [0.25, 0.3) is 10.9 Å². The van der Waals surface area contributed by atoms with Crippen molar-refractivity contribution in [1.82, 2.24) is 10.3 Å². The number of halogens is 1. The molecule has 2 atom stereocenters. The summed E-state index contributed by atoms with van der Waals surface area (Å²) < 4.78 is 1.12. The van der Waals surface area contributed by atoms with Gasteiger partial charge in [0.1, 0.15) is 0 Å². The third-order valence-corrected chi connectivity index (χ3v) is 5.04. The lowest BCUT2D eigenvalue weighted by Gasteiger charge is -2.12. The van der Waals surface area contributed by atoms with Crippen LogP contribution in [0.2, 0.25) is 0 Å². The maximum Gasteiger partial charge on any atom is 0.0758 e. The summed E-state index contributed by atoms with van der Waals surface area (Å²) in [5.41, 5.74) is 2.39. The Balaban J connectivity index is 1.67. The molecule has 1 aliphatic carbocycles. The Kier molecular flexibility index (Phi) is 4.37. The lowest BCUT2D eigenvalue weighted by molar-refractivity contribution is 0.471. The van der Waals surface area contributed by atoms with Gasteiger partial charge in [-0.25, -0.2) is 0 Å². The predicted octanol–water partition coefficient (Wildman–Crippen LogP) is 4.52. The summed E-state index contributed by atoms with van der Waals surface area (Å²) >= 11 is 3.60. The first-order valence-electron chi connectivity index (χ1n) is 7.47. The first-order chi connectivity index (χ1) is 9.74. The molecule has 0 bridgehead atoms. The van der Waals surface area contributed by atoms with Crippen molar-refractivity contribution in [3.63, 3.8) is 0 Å². The molecule has 0 saturated heterocycles. The third kappa shape index (κ3) is 3.04. The van der Waals surface area contributed by atoms with Gasteiger partial charge in [-0.15, -0.1) is 0 Å². The molecule has 1 heterocycles. The minimum Gasteiger partial charge on any atom is -0.312 e. The summed E-state index contributed by atoms with van der Waals surface area (Å²) in [5, 5.41) is 4.82. The van der Waals surface area contributed by atoms with Crippen LogP contribution in [0.1, 0.15) is 31.7 Å². The zero-order valence-electron chi connectivity index (χ0n) is 11.9. The summed E-state index contributed by atoms with van der Waals surface area (Å²) in [5.74, 6) is 1.77. The molecule has 1 aromatic carbocycles. The third-order valence-electron chi connectivity index (χ3n) is 4.35. The van der Waals surface area contributed by atoms with Crippen LogP contribution in [-0.2, 0) is 6.54 Å². The van der Waals surface area contributed by atoms with E-state index in [1.54, 1.807) is 0 Å². The van der Waals surface area contributed by atoms with E-state index in [-0.39, 0.29) is 0 Å². The van der Waals surface area contributed by atoms with Gasteiger partial charge in [0.15, 0.2) is 0 Å². The Morgan fingerprint density at radius 2 is 2.20 bits per heavy atom. The van der Waals surface area contributed by atoms with Crippen molar-refractivity contribution in [3.05, 3.63) is 40.5 Å². The Bertz CT molecular complexity index is 597. The highest BCUT2D eigenvalue weighted by Gasteiger charge is 2.20. The van der Waals surface area contributed by atoms with Crippen molar-refractivity contribution in [2.45, 2.75) is 32.7 Å². The second-order valence-electron chi connectivity index (χ2n) is 6.02. The zero-order valence-corrected chi connectivity index (χ0v) is 13.5. The second kappa shape index (κ2) is 6.23. The molecular weight excluding hydrogens is 312 g/mol. The van der Waals surface area contributed by atoms with Gasteiger partial charge in [0, 0.05) is 22.6 Å².